The van der Waals surface area contributed by atoms with E-state index in [9.17, 15) is 35.1 Å². The van der Waals surface area contributed by atoms with Crippen LogP contribution in [0.2, 0.25) is 0 Å². The standard InChI is InChI=1S/C60H109NO10/c1-4-7-10-13-16-19-22-25-26-27-30-32-35-38-41-44-47-53(64)59(68)61-51(52(63)46-43-40-37-34-31-28-23-20-17-14-11-8-5-2)50-69-60-58(57(67)56(66)54(49-62)70-60)71-55(65)48-45-42-39-36-33-29-24-21-18-15-12-9-6-3/h25-26,29,33,39,42-43,46,51-54,56-58,60,62-64,66-67H,4-24,27-28,30-32,34-38,40-41,44-45,47-50H2,1-3H3,(H,61,68)/b26-25+,33-29-,42-39+,46-43+. The Bertz CT molecular complexity index is 1340. The largest absolute Gasteiger partial charge is 0.454 e. The van der Waals surface area contributed by atoms with Gasteiger partial charge in [-0.25, -0.2) is 0 Å². The maximum Gasteiger partial charge on any atom is 0.306 e. The van der Waals surface area contributed by atoms with Gasteiger partial charge in [0.25, 0.3) is 0 Å². The average Bonchev–Trinajstić information content (AvgIpc) is 3.37. The van der Waals surface area contributed by atoms with E-state index in [1.54, 1.807) is 6.08 Å². The molecule has 1 rings (SSSR count). The molecule has 0 saturated carbocycles. The van der Waals surface area contributed by atoms with Gasteiger partial charge in [0.15, 0.2) is 12.4 Å². The number of carbonyl (C=O) groups excluding carboxylic acids is 2. The Morgan fingerprint density at radius 3 is 1.45 bits per heavy atom. The summed E-state index contributed by atoms with van der Waals surface area (Å²) in [5.74, 6) is -1.27. The van der Waals surface area contributed by atoms with E-state index in [4.69, 9.17) is 14.2 Å². The number of aliphatic hydroxyl groups is 5. The molecule has 0 spiro atoms. The van der Waals surface area contributed by atoms with Crippen molar-refractivity contribution in [2.45, 2.75) is 307 Å². The third-order valence-corrected chi connectivity index (χ3v) is 13.7. The molecule has 8 unspecified atom stereocenters. The molecule has 6 N–H and O–H groups in total. The number of esters is 1. The highest BCUT2D eigenvalue weighted by molar-refractivity contribution is 5.80. The third-order valence-electron chi connectivity index (χ3n) is 13.7. The van der Waals surface area contributed by atoms with E-state index in [1.807, 2.05) is 18.2 Å². The highest BCUT2D eigenvalue weighted by atomic mass is 16.7. The minimum atomic E-state index is -1.63. The molecule has 0 aromatic rings. The van der Waals surface area contributed by atoms with Crippen LogP contribution in [0.3, 0.4) is 0 Å². The molecule has 11 nitrogen and oxygen atoms in total. The van der Waals surface area contributed by atoms with Crippen LogP contribution in [0.1, 0.15) is 258 Å². The molecule has 8 atom stereocenters. The van der Waals surface area contributed by atoms with E-state index in [2.05, 4.69) is 50.4 Å². The van der Waals surface area contributed by atoms with Gasteiger partial charge in [0.05, 0.1) is 25.4 Å². The van der Waals surface area contributed by atoms with Gasteiger partial charge >= 0.3 is 5.97 Å². The number of amides is 1. The summed E-state index contributed by atoms with van der Waals surface area (Å²) in [6.07, 6.45) is 47.4. The lowest BCUT2D eigenvalue weighted by molar-refractivity contribution is -0.305. The normalized spacial score (nSPS) is 19.9. The van der Waals surface area contributed by atoms with Crippen LogP contribution in [0.5, 0.6) is 0 Å². The van der Waals surface area contributed by atoms with Crippen molar-refractivity contribution >= 4 is 11.9 Å². The van der Waals surface area contributed by atoms with Crippen molar-refractivity contribution in [3.05, 3.63) is 48.6 Å². The summed E-state index contributed by atoms with van der Waals surface area (Å²) in [6, 6.07) is -1.04. The van der Waals surface area contributed by atoms with Gasteiger partial charge in [-0.3, -0.25) is 9.59 Å². The van der Waals surface area contributed by atoms with Crippen molar-refractivity contribution in [1.82, 2.24) is 5.32 Å². The first kappa shape index (κ1) is 66.6. The SMILES string of the molecule is CCCCCCCC/C=C\C/C=C/CCC(=O)OC1C(OCC(NC(=O)C(O)CCCCCCCC/C=C/CCCCCCCC)C(O)/C=C/CCCCCCCCCCCCC)OC(CO)C(O)C1O. The van der Waals surface area contributed by atoms with Gasteiger partial charge in [-0.1, -0.05) is 230 Å². The van der Waals surface area contributed by atoms with Gasteiger partial charge < -0.3 is 45.1 Å². The number of carbonyl (C=O) groups is 2. The van der Waals surface area contributed by atoms with Crippen molar-refractivity contribution in [3.63, 3.8) is 0 Å². The summed E-state index contributed by atoms with van der Waals surface area (Å²) in [4.78, 5) is 26.4. The topological polar surface area (TPSA) is 175 Å². The van der Waals surface area contributed by atoms with E-state index in [1.165, 1.54) is 148 Å². The molecule has 0 aromatic carbocycles. The molecular formula is C60H109NO10. The Kier molecular flexibility index (Phi) is 45.6. The van der Waals surface area contributed by atoms with Gasteiger partial charge in [0.2, 0.25) is 5.91 Å². The van der Waals surface area contributed by atoms with E-state index in [0.29, 0.717) is 12.8 Å². The molecule has 1 aliphatic heterocycles. The predicted octanol–water partition coefficient (Wildman–Crippen LogP) is 13.3. The van der Waals surface area contributed by atoms with Crippen molar-refractivity contribution in [2.75, 3.05) is 13.2 Å². The summed E-state index contributed by atoms with van der Waals surface area (Å²) < 4.78 is 17.5. The van der Waals surface area contributed by atoms with Gasteiger partial charge in [-0.2, -0.15) is 0 Å². The van der Waals surface area contributed by atoms with Crippen molar-refractivity contribution in [1.29, 1.82) is 0 Å². The van der Waals surface area contributed by atoms with Crippen molar-refractivity contribution in [2.24, 2.45) is 0 Å². The number of aliphatic hydroxyl groups excluding tert-OH is 5. The average molecular weight is 1000 g/mol. The van der Waals surface area contributed by atoms with E-state index < -0.39 is 67.4 Å². The quantitative estimate of drug-likeness (QED) is 0.0195. The van der Waals surface area contributed by atoms with Crippen LogP contribution >= 0.6 is 0 Å². The maximum absolute atomic E-state index is 13.4. The lowest BCUT2D eigenvalue weighted by Crippen LogP contribution is -2.61. The van der Waals surface area contributed by atoms with Gasteiger partial charge in [-0.05, 0) is 70.6 Å². The van der Waals surface area contributed by atoms with Gasteiger partial charge in [-0.15, -0.1) is 0 Å². The van der Waals surface area contributed by atoms with Gasteiger partial charge in [0, 0.05) is 6.42 Å². The first-order valence-electron chi connectivity index (χ1n) is 29.4. The molecule has 0 aromatic heterocycles. The Balaban J connectivity index is 2.76. The number of rotatable bonds is 49. The minimum absolute atomic E-state index is 0.0175. The number of hydrogen-bond acceptors (Lipinski definition) is 10. The zero-order chi connectivity index (χ0) is 51.8. The molecule has 1 heterocycles. The van der Waals surface area contributed by atoms with E-state index >= 15 is 0 Å². The Labute approximate surface area is 434 Å². The van der Waals surface area contributed by atoms with Crippen LogP contribution in [0.15, 0.2) is 48.6 Å². The van der Waals surface area contributed by atoms with Gasteiger partial charge in [0.1, 0.15) is 24.4 Å². The number of ether oxygens (including phenoxy) is 3. The fraction of sp³-hybridized carbons (Fsp3) is 0.833. The smallest absolute Gasteiger partial charge is 0.306 e. The second-order valence-electron chi connectivity index (χ2n) is 20.4. The first-order chi connectivity index (χ1) is 34.7. The summed E-state index contributed by atoms with van der Waals surface area (Å²) in [5, 5.41) is 56.8. The zero-order valence-electron chi connectivity index (χ0n) is 45.6. The number of hydrogen-bond donors (Lipinski definition) is 6. The Morgan fingerprint density at radius 2 is 0.972 bits per heavy atom. The fourth-order valence-electron chi connectivity index (χ4n) is 8.99. The minimum Gasteiger partial charge on any atom is -0.454 e. The van der Waals surface area contributed by atoms with E-state index in [0.717, 1.165) is 64.2 Å². The predicted molar refractivity (Wildman–Crippen MR) is 292 cm³/mol. The molecule has 0 bridgehead atoms. The lowest BCUT2D eigenvalue weighted by Gasteiger charge is -2.41. The Morgan fingerprint density at radius 1 is 0.549 bits per heavy atom. The molecule has 1 saturated heterocycles. The number of nitrogens with one attached hydrogen (secondary N) is 1. The van der Waals surface area contributed by atoms with Crippen LogP contribution < -0.4 is 5.32 Å². The zero-order valence-corrected chi connectivity index (χ0v) is 45.6. The molecule has 1 aliphatic rings. The number of allylic oxidation sites excluding steroid dienone is 7. The molecule has 71 heavy (non-hydrogen) atoms. The highest BCUT2D eigenvalue weighted by Crippen LogP contribution is 2.26. The molecule has 11 heteroatoms. The molecule has 1 amide bonds. The van der Waals surface area contributed by atoms with E-state index in [-0.39, 0.29) is 19.4 Å². The second-order valence-corrected chi connectivity index (χ2v) is 20.4. The maximum atomic E-state index is 13.4. The van der Waals surface area contributed by atoms with Crippen LogP contribution in [0, 0.1) is 0 Å². The number of unbranched alkanes of at least 4 members (excludes halogenated alkanes) is 29. The summed E-state index contributed by atoms with van der Waals surface area (Å²) in [6.45, 7) is 5.74. The lowest BCUT2D eigenvalue weighted by atomic mass is 9.99. The van der Waals surface area contributed by atoms with Crippen molar-refractivity contribution < 1.29 is 49.3 Å². The summed E-state index contributed by atoms with van der Waals surface area (Å²) in [5.41, 5.74) is 0. The molecule has 1 fully saturated rings. The van der Waals surface area contributed by atoms with Crippen molar-refractivity contribution in [3.8, 4) is 0 Å². The fourth-order valence-corrected chi connectivity index (χ4v) is 8.99. The molecule has 0 radical (unpaired) electrons. The van der Waals surface area contributed by atoms with Crippen LogP contribution in [0.25, 0.3) is 0 Å². The second kappa shape index (κ2) is 48.6. The molecular weight excluding hydrogens is 895 g/mol. The third kappa shape index (κ3) is 37.1. The first-order valence-corrected chi connectivity index (χ1v) is 29.4. The molecule has 0 aliphatic carbocycles. The summed E-state index contributed by atoms with van der Waals surface area (Å²) >= 11 is 0. The summed E-state index contributed by atoms with van der Waals surface area (Å²) in [7, 11) is 0. The van der Waals surface area contributed by atoms with Crippen LogP contribution in [-0.2, 0) is 23.8 Å². The highest BCUT2D eigenvalue weighted by Gasteiger charge is 2.47. The monoisotopic (exact) mass is 1000 g/mol. The van der Waals surface area contributed by atoms with Crippen LogP contribution in [-0.4, -0.2) is 99.6 Å². The molecule has 414 valence electrons. The van der Waals surface area contributed by atoms with Crippen LogP contribution in [0.4, 0.5) is 0 Å². The Hall–Kier alpha value is -2.38.